The maximum Gasteiger partial charge on any atom is 0.169 e. The first kappa shape index (κ1) is 19.4. The van der Waals surface area contributed by atoms with E-state index in [0.29, 0.717) is 0 Å². The maximum atomic E-state index is 6.31. The number of rotatable bonds is 2. The van der Waals surface area contributed by atoms with Gasteiger partial charge in [-0.1, -0.05) is 97.1 Å². The van der Waals surface area contributed by atoms with Gasteiger partial charge in [0.05, 0.1) is 5.52 Å². The van der Waals surface area contributed by atoms with Crippen LogP contribution in [-0.2, 0) is 0 Å². The van der Waals surface area contributed by atoms with E-state index in [4.69, 9.17) is 4.42 Å². The summed E-state index contributed by atoms with van der Waals surface area (Å²) in [6.45, 7) is 0. The molecule has 0 bridgehead atoms. The molecule has 0 N–H and O–H groups in total. The van der Waals surface area contributed by atoms with E-state index in [9.17, 15) is 0 Å². The molecule has 0 unspecified atom stereocenters. The second kappa shape index (κ2) is 7.27. The summed E-state index contributed by atoms with van der Waals surface area (Å²) in [5, 5.41) is 15.1. The highest BCUT2D eigenvalue weighted by Gasteiger charge is 2.17. The SMILES string of the molecule is c1cc(-c2cccc3c2oc2ccccc23)cc(-c2nnc3c4ccccc4c4ccccc4n23)c1. The summed E-state index contributed by atoms with van der Waals surface area (Å²) in [6.07, 6.45) is 0. The molecule has 8 rings (SSSR count). The second-order valence-corrected chi connectivity index (χ2v) is 9.11. The average Bonchev–Trinajstić information content (AvgIpc) is 3.56. The first-order valence-electron chi connectivity index (χ1n) is 12.0. The Hall–Kier alpha value is -4.96. The molecule has 0 atom stereocenters. The van der Waals surface area contributed by atoms with Crippen molar-refractivity contribution in [2.75, 3.05) is 0 Å². The lowest BCUT2D eigenvalue weighted by atomic mass is 10.00. The summed E-state index contributed by atoms with van der Waals surface area (Å²) in [7, 11) is 0. The molecule has 3 heterocycles. The monoisotopic (exact) mass is 461 g/mol. The predicted octanol–water partition coefficient (Wildman–Crippen LogP) is 8.27. The molecule has 8 aromatic rings. The van der Waals surface area contributed by atoms with E-state index in [2.05, 4.69) is 118 Å². The van der Waals surface area contributed by atoms with E-state index in [0.717, 1.165) is 61.0 Å². The first-order chi connectivity index (χ1) is 17.9. The molecule has 168 valence electrons. The molecule has 0 aliphatic heterocycles. The standard InChI is InChI=1S/C32H19N3O/c1-2-14-27-23(11-1)24-12-3-5-17-28(24)35-31(33-34-32(27)35)21-10-7-9-20(19-21)22-15-8-16-26-25-13-4-6-18-29(25)36-30(22)26/h1-19H. The molecular formula is C32H19N3O. The van der Waals surface area contributed by atoms with Crippen LogP contribution in [0.5, 0.6) is 0 Å². The third kappa shape index (κ3) is 2.64. The summed E-state index contributed by atoms with van der Waals surface area (Å²) < 4.78 is 8.49. The van der Waals surface area contributed by atoms with Crippen molar-refractivity contribution in [3.05, 3.63) is 115 Å². The van der Waals surface area contributed by atoms with Gasteiger partial charge in [-0.25, -0.2) is 0 Å². The number of pyridine rings is 1. The fourth-order valence-electron chi connectivity index (χ4n) is 5.48. The van der Waals surface area contributed by atoms with Gasteiger partial charge in [0.1, 0.15) is 11.2 Å². The molecule has 0 aliphatic rings. The highest BCUT2D eigenvalue weighted by Crippen LogP contribution is 2.37. The Balaban J connectivity index is 1.40. The Labute approximate surface area is 206 Å². The predicted molar refractivity (Wildman–Crippen MR) is 146 cm³/mol. The molecular weight excluding hydrogens is 442 g/mol. The third-order valence-electron chi connectivity index (χ3n) is 7.10. The highest BCUT2D eigenvalue weighted by atomic mass is 16.3. The number of aromatic nitrogens is 3. The van der Waals surface area contributed by atoms with Crippen LogP contribution in [0, 0.1) is 0 Å². The van der Waals surface area contributed by atoms with Gasteiger partial charge in [0, 0.05) is 32.7 Å². The molecule has 36 heavy (non-hydrogen) atoms. The van der Waals surface area contributed by atoms with Gasteiger partial charge in [-0.15, -0.1) is 10.2 Å². The molecule has 0 fully saturated rings. The summed E-state index contributed by atoms with van der Waals surface area (Å²) in [4.78, 5) is 0. The quantitative estimate of drug-likeness (QED) is 0.243. The Morgan fingerprint density at radius 2 is 1.22 bits per heavy atom. The minimum Gasteiger partial charge on any atom is -0.455 e. The summed E-state index contributed by atoms with van der Waals surface area (Å²) in [5.74, 6) is 0.825. The van der Waals surface area contributed by atoms with E-state index in [-0.39, 0.29) is 0 Å². The minimum atomic E-state index is 0.825. The smallest absolute Gasteiger partial charge is 0.169 e. The molecule has 0 aliphatic carbocycles. The van der Waals surface area contributed by atoms with Crippen molar-refractivity contribution in [2.45, 2.75) is 0 Å². The van der Waals surface area contributed by atoms with E-state index < -0.39 is 0 Å². The summed E-state index contributed by atoms with van der Waals surface area (Å²) >= 11 is 0. The van der Waals surface area contributed by atoms with Gasteiger partial charge < -0.3 is 4.42 Å². The molecule has 0 saturated carbocycles. The van der Waals surface area contributed by atoms with Crippen molar-refractivity contribution in [3.8, 4) is 22.5 Å². The molecule has 0 saturated heterocycles. The molecule has 0 radical (unpaired) electrons. The van der Waals surface area contributed by atoms with Crippen LogP contribution in [0.1, 0.15) is 0 Å². The van der Waals surface area contributed by atoms with Gasteiger partial charge in [0.2, 0.25) is 0 Å². The lowest BCUT2D eigenvalue weighted by molar-refractivity contribution is 0.670. The lowest BCUT2D eigenvalue weighted by Crippen LogP contribution is -1.94. The van der Waals surface area contributed by atoms with E-state index in [1.165, 1.54) is 10.8 Å². The van der Waals surface area contributed by atoms with Crippen molar-refractivity contribution < 1.29 is 4.42 Å². The zero-order chi connectivity index (χ0) is 23.6. The van der Waals surface area contributed by atoms with Crippen molar-refractivity contribution in [2.24, 2.45) is 0 Å². The number of para-hydroxylation sites is 3. The zero-order valence-corrected chi connectivity index (χ0v) is 19.2. The van der Waals surface area contributed by atoms with Crippen LogP contribution in [0.4, 0.5) is 0 Å². The minimum absolute atomic E-state index is 0.825. The molecule has 4 nitrogen and oxygen atoms in total. The Morgan fingerprint density at radius 1 is 0.528 bits per heavy atom. The normalized spacial score (nSPS) is 11.9. The van der Waals surface area contributed by atoms with Gasteiger partial charge in [0.25, 0.3) is 0 Å². The van der Waals surface area contributed by atoms with Crippen LogP contribution >= 0.6 is 0 Å². The van der Waals surface area contributed by atoms with E-state index in [1.54, 1.807) is 0 Å². The Morgan fingerprint density at radius 3 is 2.14 bits per heavy atom. The van der Waals surface area contributed by atoms with Crippen LogP contribution < -0.4 is 0 Å². The average molecular weight is 462 g/mol. The van der Waals surface area contributed by atoms with Gasteiger partial charge in [0.15, 0.2) is 11.5 Å². The fourth-order valence-corrected chi connectivity index (χ4v) is 5.48. The molecule has 4 heteroatoms. The van der Waals surface area contributed by atoms with Crippen molar-refractivity contribution in [3.63, 3.8) is 0 Å². The highest BCUT2D eigenvalue weighted by molar-refractivity contribution is 6.12. The molecule has 0 amide bonds. The maximum absolute atomic E-state index is 6.31. The largest absolute Gasteiger partial charge is 0.455 e. The molecule has 5 aromatic carbocycles. The fraction of sp³-hybridized carbons (Fsp3) is 0. The number of hydrogen-bond donors (Lipinski definition) is 0. The Bertz CT molecular complexity index is 2120. The summed E-state index contributed by atoms with van der Waals surface area (Å²) in [5.41, 5.74) is 6.92. The number of fused-ring (bicyclic) bond motifs is 9. The number of furan rings is 1. The number of benzene rings is 5. The second-order valence-electron chi connectivity index (χ2n) is 9.11. The molecule has 0 spiro atoms. The van der Waals surface area contributed by atoms with Crippen LogP contribution in [0.3, 0.4) is 0 Å². The van der Waals surface area contributed by atoms with Crippen molar-refractivity contribution >= 4 is 49.3 Å². The lowest BCUT2D eigenvalue weighted by Gasteiger charge is -2.10. The Kier molecular flexibility index (Phi) is 3.91. The first-order valence-corrected chi connectivity index (χ1v) is 12.0. The van der Waals surface area contributed by atoms with Crippen LogP contribution in [-0.4, -0.2) is 14.6 Å². The topological polar surface area (TPSA) is 43.3 Å². The van der Waals surface area contributed by atoms with Crippen LogP contribution in [0.25, 0.3) is 71.8 Å². The molecule has 3 aromatic heterocycles. The van der Waals surface area contributed by atoms with Crippen molar-refractivity contribution in [1.82, 2.24) is 14.6 Å². The third-order valence-corrected chi connectivity index (χ3v) is 7.10. The van der Waals surface area contributed by atoms with E-state index in [1.807, 2.05) is 12.1 Å². The number of nitrogens with zero attached hydrogens (tertiary/aromatic N) is 3. The van der Waals surface area contributed by atoms with Crippen molar-refractivity contribution in [1.29, 1.82) is 0 Å². The van der Waals surface area contributed by atoms with Gasteiger partial charge in [-0.3, -0.25) is 4.40 Å². The van der Waals surface area contributed by atoms with E-state index >= 15 is 0 Å². The van der Waals surface area contributed by atoms with Gasteiger partial charge >= 0.3 is 0 Å². The van der Waals surface area contributed by atoms with Gasteiger partial charge in [-0.2, -0.15) is 0 Å². The zero-order valence-electron chi connectivity index (χ0n) is 19.2. The van der Waals surface area contributed by atoms with Crippen LogP contribution in [0.15, 0.2) is 120 Å². The van der Waals surface area contributed by atoms with Crippen LogP contribution in [0.2, 0.25) is 0 Å². The summed E-state index contributed by atoms with van der Waals surface area (Å²) in [6, 6.07) is 39.9. The number of hydrogen-bond acceptors (Lipinski definition) is 3. The van der Waals surface area contributed by atoms with Gasteiger partial charge in [-0.05, 0) is 29.1 Å².